The van der Waals surface area contributed by atoms with Gasteiger partial charge in [0.25, 0.3) is 0 Å². The normalized spacial score (nSPS) is 17.2. The van der Waals surface area contributed by atoms with Gasteiger partial charge in [-0.05, 0) is 53.6 Å². The van der Waals surface area contributed by atoms with Gasteiger partial charge in [0.2, 0.25) is 23.0 Å². The number of nitrogens with zero attached hydrogens (tertiary/aromatic N) is 1. The van der Waals surface area contributed by atoms with Crippen molar-refractivity contribution >= 4 is 17.5 Å². The van der Waals surface area contributed by atoms with E-state index in [1.165, 1.54) is 6.92 Å². The van der Waals surface area contributed by atoms with Gasteiger partial charge in [-0.25, -0.2) is 0 Å². The first-order valence-corrected chi connectivity index (χ1v) is 13.6. The topological polar surface area (TPSA) is 115 Å². The molecule has 10 nitrogen and oxygen atoms in total. The van der Waals surface area contributed by atoms with E-state index < -0.39 is 12.1 Å². The molecule has 2 amide bonds. The minimum absolute atomic E-state index is 0.0641. The zero-order chi connectivity index (χ0) is 29.0. The number of ether oxygens (including phenoxy) is 4. The number of hydrogen-bond acceptors (Lipinski definition) is 8. The molecule has 2 aromatic carbocycles. The summed E-state index contributed by atoms with van der Waals surface area (Å²) in [6.45, 7) is 7.39. The van der Waals surface area contributed by atoms with Crippen LogP contribution in [0.4, 0.5) is 5.69 Å². The number of rotatable bonds is 8. The number of amides is 2. The number of morpholine rings is 1. The van der Waals surface area contributed by atoms with Crippen LogP contribution in [0.25, 0.3) is 11.1 Å². The van der Waals surface area contributed by atoms with Crippen LogP contribution in [0.1, 0.15) is 44.4 Å². The number of anilines is 1. The van der Waals surface area contributed by atoms with Gasteiger partial charge in [-0.3, -0.25) is 14.4 Å². The summed E-state index contributed by atoms with van der Waals surface area (Å²) in [6.07, 6.45) is 1.17. The summed E-state index contributed by atoms with van der Waals surface area (Å²) in [6, 6.07) is 6.02. The van der Waals surface area contributed by atoms with Gasteiger partial charge < -0.3 is 34.5 Å². The van der Waals surface area contributed by atoms with Gasteiger partial charge in [-0.15, -0.1) is 0 Å². The minimum atomic E-state index is -0.592. The molecule has 0 radical (unpaired) electrons. The Morgan fingerprint density at radius 3 is 2.33 bits per heavy atom. The fourth-order valence-corrected chi connectivity index (χ4v) is 5.49. The highest BCUT2D eigenvalue weighted by atomic mass is 16.5. The first-order valence-electron chi connectivity index (χ1n) is 13.6. The van der Waals surface area contributed by atoms with Crippen LogP contribution in [0.3, 0.4) is 0 Å². The van der Waals surface area contributed by atoms with Crippen molar-refractivity contribution in [3.63, 3.8) is 0 Å². The number of fused-ring (bicyclic) bond motifs is 3. The van der Waals surface area contributed by atoms with E-state index in [1.54, 1.807) is 38.4 Å². The molecule has 1 saturated heterocycles. The number of benzene rings is 1. The summed E-state index contributed by atoms with van der Waals surface area (Å²) in [7, 11) is 4.68. The number of methoxy groups -OCH3 is 3. The Labute approximate surface area is 234 Å². The summed E-state index contributed by atoms with van der Waals surface area (Å²) >= 11 is 0. The van der Waals surface area contributed by atoms with Gasteiger partial charge in [0.1, 0.15) is 6.04 Å². The van der Waals surface area contributed by atoms with Gasteiger partial charge in [0, 0.05) is 25.6 Å². The largest absolute Gasteiger partial charge is 0.493 e. The van der Waals surface area contributed by atoms with Crippen molar-refractivity contribution < 1.29 is 28.5 Å². The van der Waals surface area contributed by atoms with Gasteiger partial charge in [0.15, 0.2) is 11.5 Å². The Kier molecular flexibility index (Phi) is 9.19. The molecule has 2 N–H and O–H groups in total. The van der Waals surface area contributed by atoms with Crippen molar-refractivity contribution in [2.45, 2.75) is 45.7 Å². The summed E-state index contributed by atoms with van der Waals surface area (Å²) in [5.41, 5.74) is 3.14. The molecule has 2 atom stereocenters. The van der Waals surface area contributed by atoms with Crippen molar-refractivity contribution in [3.05, 3.63) is 45.6 Å². The Bertz CT molecular complexity index is 1320. The first kappa shape index (κ1) is 29.2. The highest BCUT2D eigenvalue weighted by molar-refractivity contribution is 5.86. The second-order valence-corrected chi connectivity index (χ2v) is 10.4. The van der Waals surface area contributed by atoms with Crippen molar-refractivity contribution in [1.29, 1.82) is 0 Å². The Morgan fingerprint density at radius 2 is 1.73 bits per heavy atom. The lowest BCUT2D eigenvalue weighted by Crippen LogP contribution is -2.50. The van der Waals surface area contributed by atoms with Crippen molar-refractivity contribution in [1.82, 2.24) is 10.2 Å². The molecule has 2 aromatic rings. The van der Waals surface area contributed by atoms with E-state index in [-0.39, 0.29) is 23.2 Å². The van der Waals surface area contributed by atoms with Crippen LogP contribution in [0.2, 0.25) is 0 Å². The lowest BCUT2D eigenvalue weighted by molar-refractivity contribution is -0.137. The van der Waals surface area contributed by atoms with E-state index in [1.807, 2.05) is 26.0 Å². The van der Waals surface area contributed by atoms with Gasteiger partial charge in [-0.2, -0.15) is 0 Å². The maximum absolute atomic E-state index is 13.7. The number of carbonyl (C=O) groups excluding carboxylic acids is 2. The Balaban J connectivity index is 1.88. The molecule has 2 aliphatic rings. The summed E-state index contributed by atoms with van der Waals surface area (Å²) < 4.78 is 22.5. The third kappa shape index (κ3) is 5.86. The van der Waals surface area contributed by atoms with Gasteiger partial charge in [-0.1, -0.05) is 19.9 Å². The molecular weight excluding hydrogens is 514 g/mol. The first-order chi connectivity index (χ1) is 19.2. The lowest BCUT2D eigenvalue weighted by atomic mass is 9.95. The predicted octanol–water partition coefficient (Wildman–Crippen LogP) is 3.16. The van der Waals surface area contributed by atoms with E-state index in [4.69, 9.17) is 18.9 Å². The van der Waals surface area contributed by atoms with Crippen LogP contribution in [0.5, 0.6) is 17.2 Å². The highest BCUT2D eigenvalue weighted by Gasteiger charge is 2.31. The molecule has 10 heteroatoms. The van der Waals surface area contributed by atoms with Crippen LogP contribution >= 0.6 is 0 Å². The summed E-state index contributed by atoms with van der Waals surface area (Å²) in [5, 5.41) is 6.26. The Hall–Kier alpha value is -3.79. The molecular formula is C30H39N3O7. The molecule has 0 aromatic heterocycles. The van der Waals surface area contributed by atoms with Crippen LogP contribution in [0, 0.1) is 5.92 Å². The monoisotopic (exact) mass is 553 g/mol. The molecule has 0 unspecified atom stereocenters. The number of hydrogen-bond donors (Lipinski definition) is 2. The number of carbonyl (C=O) groups is 2. The third-order valence-corrected chi connectivity index (χ3v) is 7.48. The van der Waals surface area contributed by atoms with E-state index in [0.29, 0.717) is 67.6 Å². The highest BCUT2D eigenvalue weighted by Crippen LogP contribution is 2.50. The average molecular weight is 554 g/mol. The zero-order valence-corrected chi connectivity index (χ0v) is 24.1. The van der Waals surface area contributed by atoms with E-state index >= 15 is 0 Å². The van der Waals surface area contributed by atoms with Gasteiger partial charge >= 0.3 is 0 Å². The van der Waals surface area contributed by atoms with Crippen molar-refractivity contribution in [3.8, 4) is 28.4 Å². The lowest BCUT2D eigenvalue weighted by Gasteiger charge is -2.32. The predicted molar refractivity (Wildman–Crippen MR) is 152 cm³/mol. The van der Waals surface area contributed by atoms with E-state index in [9.17, 15) is 14.4 Å². The zero-order valence-electron chi connectivity index (χ0n) is 24.1. The third-order valence-electron chi connectivity index (χ3n) is 7.48. The average Bonchev–Trinajstić information content (AvgIpc) is 3.18. The smallest absolute Gasteiger partial charge is 0.245 e. The molecule has 0 saturated carbocycles. The molecule has 216 valence electrons. The van der Waals surface area contributed by atoms with Crippen LogP contribution < -0.4 is 30.3 Å². The fourth-order valence-electron chi connectivity index (χ4n) is 5.49. The molecule has 4 rings (SSSR count). The second-order valence-electron chi connectivity index (χ2n) is 10.4. The van der Waals surface area contributed by atoms with Crippen LogP contribution in [0.15, 0.2) is 29.1 Å². The summed E-state index contributed by atoms with van der Waals surface area (Å²) in [4.78, 5) is 41.1. The van der Waals surface area contributed by atoms with Crippen LogP contribution in [-0.4, -0.2) is 70.4 Å². The molecule has 1 fully saturated rings. The number of aryl methyl sites for hydroxylation is 1. The quantitative estimate of drug-likeness (QED) is 0.512. The Morgan fingerprint density at radius 1 is 1.02 bits per heavy atom. The summed E-state index contributed by atoms with van der Waals surface area (Å²) in [5.74, 6) is 1.13. The molecule has 40 heavy (non-hydrogen) atoms. The van der Waals surface area contributed by atoms with Crippen LogP contribution in [-0.2, 0) is 20.7 Å². The van der Waals surface area contributed by atoms with Crippen molar-refractivity contribution in [2.24, 2.45) is 5.92 Å². The maximum atomic E-state index is 13.7. The van der Waals surface area contributed by atoms with Crippen molar-refractivity contribution in [2.75, 3.05) is 52.9 Å². The maximum Gasteiger partial charge on any atom is 0.245 e. The van der Waals surface area contributed by atoms with E-state index in [0.717, 1.165) is 16.7 Å². The van der Waals surface area contributed by atoms with E-state index in [2.05, 4.69) is 10.6 Å². The number of nitrogens with one attached hydrogen (secondary N) is 2. The molecule has 0 bridgehead atoms. The molecule has 1 heterocycles. The standard InChI is InChI=1S/C30H39N3O7/c1-17(2)27(30(36)33-11-13-40-14-12-33)32-23-10-8-20-21(16-24(23)35)22(31-18(3)34)9-7-19-15-25(37-4)28(38-5)29(39-6)26(19)20/h8,10,15-17,22,27H,7,9,11-14H2,1-6H3,(H,31,34)(H,32,35)/t22-,27+/m1/s1. The molecule has 1 aliphatic carbocycles. The SMILES string of the molecule is COc1cc2c(c(OC)c1OC)-c1ccc(N[C@H](C(=O)N3CCOCC3)C(C)C)c(=O)cc1[C@H](NC(C)=O)CC2. The molecule has 0 spiro atoms. The van der Waals surface area contributed by atoms with Gasteiger partial charge in [0.05, 0.1) is 46.3 Å². The minimum Gasteiger partial charge on any atom is -0.493 e. The second kappa shape index (κ2) is 12.6. The molecule has 1 aliphatic heterocycles. The fraction of sp³-hybridized carbons (Fsp3) is 0.500.